The zero-order valence-electron chi connectivity index (χ0n) is 22.6. The largest absolute Gasteiger partial charge is 0.375 e. The fourth-order valence-corrected chi connectivity index (χ4v) is 5.16. The summed E-state index contributed by atoms with van der Waals surface area (Å²) in [6.07, 6.45) is -0.769. The molecule has 0 saturated carbocycles. The molecular weight excluding hydrogens is 532 g/mol. The Kier molecular flexibility index (Phi) is 8.55. The highest BCUT2D eigenvalue weighted by Gasteiger charge is 2.51. The number of hydrogen-bond acceptors (Lipinski definition) is 5. The molecule has 3 aromatic rings. The number of benzene rings is 3. The molecular formula is C30H31F2N5O4. The van der Waals surface area contributed by atoms with Crippen LogP contribution in [0.15, 0.2) is 78.9 Å². The molecule has 11 heteroatoms. The molecule has 0 bridgehead atoms. The molecule has 0 aliphatic carbocycles. The first-order chi connectivity index (χ1) is 19.8. The van der Waals surface area contributed by atoms with E-state index in [1.165, 1.54) is 34.2 Å². The number of likely N-dealkylation sites (N-methyl/N-ethyl adjacent to an activating group) is 1. The van der Waals surface area contributed by atoms with Gasteiger partial charge >= 0.3 is 6.03 Å². The summed E-state index contributed by atoms with van der Waals surface area (Å²) in [5, 5.41) is 5.86. The van der Waals surface area contributed by atoms with Crippen LogP contribution in [0.3, 0.4) is 0 Å². The van der Waals surface area contributed by atoms with Crippen molar-refractivity contribution in [3.8, 4) is 0 Å². The second-order valence-electron chi connectivity index (χ2n) is 10.0. The Morgan fingerprint density at radius 3 is 2.22 bits per heavy atom. The summed E-state index contributed by atoms with van der Waals surface area (Å²) >= 11 is 0. The summed E-state index contributed by atoms with van der Waals surface area (Å²) in [4.78, 5) is 43.7. The third kappa shape index (κ3) is 6.36. The van der Waals surface area contributed by atoms with Crippen molar-refractivity contribution >= 4 is 17.8 Å². The Balaban J connectivity index is 1.35. The van der Waals surface area contributed by atoms with Crippen LogP contribution in [-0.4, -0.2) is 77.1 Å². The lowest BCUT2D eigenvalue weighted by Gasteiger charge is -2.54. The molecule has 2 heterocycles. The summed E-state index contributed by atoms with van der Waals surface area (Å²) in [5.41, 5.74) is 2.16. The van der Waals surface area contributed by atoms with Crippen LogP contribution < -0.4 is 5.32 Å². The maximum absolute atomic E-state index is 13.8. The first-order valence-electron chi connectivity index (χ1n) is 13.3. The molecule has 41 heavy (non-hydrogen) atoms. The van der Waals surface area contributed by atoms with E-state index in [9.17, 15) is 23.2 Å². The summed E-state index contributed by atoms with van der Waals surface area (Å²) in [6, 6.07) is 19.5. The van der Waals surface area contributed by atoms with Gasteiger partial charge in [-0.3, -0.25) is 9.59 Å². The number of piperazine rings is 1. The molecule has 0 radical (unpaired) electrons. The number of urea groups is 1. The lowest BCUT2D eigenvalue weighted by molar-refractivity contribution is -0.188. The third-order valence-electron chi connectivity index (χ3n) is 7.20. The van der Waals surface area contributed by atoms with Gasteiger partial charge in [0.2, 0.25) is 11.8 Å². The van der Waals surface area contributed by atoms with E-state index < -0.39 is 18.2 Å². The minimum atomic E-state index is -0.916. The molecule has 0 spiro atoms. The van der Waals surface area contributed by atoms with E-state index in [2.05, 4.69) is 5.32 Å². The van der Waals surface area contributed by atoms with Gasteiger partial charge in [-0.05, 0) is 41.0 Å². The van der Waals surface area contributed by atoms with Gasteiger partial charge < -0.3 is 19.9 Å². The number of nitrogens with zero attached hydrogens (tertiary/aromatic N) is 4. The van der Waals surface area contributed by atoms with E-state index in [1.807, 2.05) is 6.07 Å². The number of carbonyl (C=O) groups is 3. The molecule has 3 aromatic carbocycles. The van der Waals surface area contributed by atoms with Crippen molar-refractivity contribution in [3.63, 3.8) is 0 Å². The number of fused-ring (bicyclic) bond motifs is 1. The molecule has 1 N–H and O–H groups in total. The molecule has 0 aromatic heterocycles. The van der Waals surface area contributed by atoms with E-state index in [1.54, 1.807) is 65.5 Å². The summed E-state index contributed by atoms with van der Waals surface area (Å²) in [5.74, 6) is -1.23. The van der Waals surface area contributed by atoms with E-state index in [4.69, 9.17) is 4.74 Å². The molecule has 2 aliphatic heterocycles. The highest BCUT2D eigenvalue weighted by atomic mass is 19.1. The van der Waals surface area contributed by atoms with Gasteiger partial charge in [-0.2, -0.15) is 0 Å². The minimum absolute atomic E-state index is 0.0854. The molecule has 2 aliphatic rings. The number of nitrogens with one attached hydrogen (secondary N) is 1. The zero-order chi connectivity index (χ0) is 28.9. The maximum Gasteiger partial charge on any atom is 0.334 e. The average Bonchev–Trinajstić information content (AvgIpc) is 2.97. The van der Waals surface area contributed by atoms with Gasteiger partial charge in [-0.25, -0.2) is 23.6 Å². The fourth-order valence-electron chi connectivity index (χ4n) is 5.16. The number of halogens is 2. The Labute approximate surface area is 236 Å². The van der Waals surface area contributed by atoms with Crippen molar-refractivity contribution in [2.24, 2.45) is 0 Å². The first kappa shape index (κ1) is 28.2. The Hall–Kier alpha value is -4.35. The van der Waals surface area contributed by atoms with Gasteiger partial charge in [0, 0.05) is 20.1 Å². The fraction of sp³-hybridized carbons (Fsp3) is 0.300. The highest BCUT2D eigenvalue weighted by Crippen LogP contribution is 2.34. The minimum Gasteiger partial charge on any atom is -0.375 e. The molecule has 5 rings (SSSR count). The number of hydrogen-bond donors (Lipinski definition) is 1. The Bertz CT molecular complexity index is 1370. The second kappa shape index (κ2) is 12.4. The first-order valence-corrected chi connectivity index (χ1v) is 13.3. The van der Waals surface area contributed by atoms with Gasteiger partial charge in [0.15, 0.2) is 0 Å². The van der Waals surface area contributed by atoms with Crippen LogP contribution in [0.4, 0.5) is 13.6 Å². The van der Waals surface area contributed by atoms with Crippen LogP contribution >= 0.6 is 0 Å². The average molecular weight is 564 g/mol. The van der Waals surface area contributed by atoms with E-state index in [0.717, 1.165) is 5.56 Å². The maximum atomic E-state index is 13.8. The van der Waals surface area contributed by atoms with Crippen molar-refractivity contribution < 1.29 is 27.9 Å². The number of amides is 4. The zero-order valence-corrected chi connectivity index (χ0v) is 22.6. The standard InChI is InChI=1S/C30H31F2N5O4/c1-34-19-27(38)36-26(37(34)30(40)33-17-21-7-11-24(31)12-8-21)18-35(29(39)28(36)23-5-3-2-4-6-23)15-16-41-20-22-9-13-25(32)14-10-22/h2-14,26,28H,15-20H2,1H3,(H,33,40)/t26-,28-/m0/s1. The predicted molar refractivity (Wildman–Crippen MR) is 146 cm³/mol. The van der Waals surface area contributed by atoms with E-state index >= 15 is 0 Å². The van der Waals surface area contributed by atoms with Gasteiger partial charge in [0.1, 0.15) is 23.8 Å². The van der Waals surface area contributed by atoms with Gasteiger partial charge in [-0.1, -0.05) is 54.6 Å². The molecule has 0 unspecified atom stereocenters. The van der Waals surface area contributed by atoms with Crippen LogP contribution in [0, 0.1) is 11.6 Å². The van der Waals surface area contributed by atoms with Crippen LogP contribution in [0.25, 0.3) is 0 Å². The smallest absolute Gasteiger partial charge is 0.334 e. The van der Waals surface area contributed by atoms with Crippen LogP contribution in [0.1, 0.15) is 22.7 Å². The van der Waals surface area contributed by atoms with Crippen molar-refractivity contribution in [2.75, 3.05) is 33.3 Å². The molecule has 2 saturated heterocycles. The second-order valence-corrected chi connectivity index (χ2v) is 10.0. The number of ether oxygens (including phenoxy) is 1. The summed E-state index contributed by atoms with van der Waals surface area (Å²) in [7, 11) is 1.65. The lowest BCUT2D eigenvalue weighted by Crippen LogP contribution is -2.73. The van der Waals surface area contributed by atoms with Crippen LogP contribution in [-0.2, 0) is 27.5 Å². The van der Waals surface area contributed by atoms with Gasteiger partial charge in [-0.15, -0.1) is 0 Å². The molecule has 2 atom stereocenters. The summed E-state index contributed by atoms with van der Waals surface area (Å²) in [6.45, 7) is 0.847. The van der Waals surface area contributed by atoms with Crippen molar-refractivity contribution in [1.82, 2.24) is 25.1 Å². The quantitative estimate of drug-likeness (QED) is 0.426. The monoisotopic (exact) mass is 563 g/mol. The van der Waals surface area contributed by atoms with Crippen molar-refractivity contribution in [2.45, 2.75) is 25.4 Å². The predicted octanol–water partition coefficient (Wildman–Crippen LogP) is 3.29. The molecule has 2 fully saturated rings. The van der Waals surface area contributed by atoms with Crippen LogP contribution in [0.5, 0.6) is 0 Å². The SMILES string of the molecule is CN1CC(=O)N2[C@@H](c3ccccc3)C(=O)N(CCOCc3ccc(F)cc3)C[C@@H]2N1C(=O)NCc1ccc(F)cc1. The molecule has 214 valence electrons. The third-order valence-corrected chi connectivity index (χ3v) is 7.20. The number of rotatable bonds is 8. The van der Waals surface area contributed by atoms with Crippen molar-refractivity contribution in [3.05, 3.63) is 107 Å². The van der Waals surface area contributed by atoms with Gasteiger partial charge in [0.25, 0.3) is 0 Å². The Morgan fingerprint density at radius 2 is 1.56 bits per heavy atom. The van der Waals surface area contributed by atoms with Crippen LogP contribution in [0.2, 0.25) is 0 Å². The number of hydrazine groups is 1. The lowest BCUT2D eigenvalue weighted by atomic mass is 9.99. The highest BCUT2D eigenvalue weighted by molar-refractivity contribution is 5.92. The summed E-state index contributed by atoms with van der Waals surface area (Å²) < 4.78 is 32.3. The van der Waals surface area contributed by atoms with Crippen molar-refractivity contribution in [1.29, 1.82) is 0 Å². The Morgan fingerprint density at radius 1 is 0.927 bits per heavy atom. The number of carbonyl (C=O) groups excluding carboxylic acids is 3. The van der Waals surface area contributed by atoms with Gasteiger partial charge in [0.05, 0.1) is 26.3 Å². The normalized spacial score (nSPS) is 19.3. The van der Waals surface area contributed by atoms with E-state index in [-0.39, 0.29) is 62.8 Å². The topological polar surface area (TPSA) is 85.4 Å². The molecule has 9 nitrogen and oxygen atoms in total. The molecule has 4 amide bonds. The van der Waals surface area contributed by atoms with E-state index in [0.29, 0.717) is 11.1 Å².